The smallest absolute Gasteiger partial charge is 0.339 e. The fourth-order valence-electron chi connectivity index (χ4n) is 3.45. The van der Waals surface area contributed by atoms with E-state index in [1.165, 1.54) is 0 Å². The van der Waals surface area contributed by atoms with Crippen LogP contribution in [0.15, 0.2) is 72.8 Å². The van der Waals surface area contributed by atoms with Gasteiger partial charge in [0.05, 0.1) is 23.9 Å². The van der Waals surface area contributed by atoms with E-state index < -0.39 is 5.97 Å². The van der Waals surface area contributed by atoms with E-state index in [0.717, 1.165) is 16.7 Å². The van der Waals surface area contributed by atoms with Gasteiger partial charge in [0.25, 0.3) is 0 Å². The standard InChI is InChI=1S/C27H23NO4/c1-17-4-7-19(8-5-17)25-15-23(22-14-18(2)6-13-24(22)28-25)27(30)32-16-26(29)20-9-11-21(31-3)12-10-20/h4-15H,16H2,1-3H3. The molecular weight excluding hydrogens is 402 g/mol. The van der Waals surface area contributed by atoms with Crippen LogP contribution in [-0.2, 0) is 4.74 Å². The molecule has 0 aliphatic carbocycles. The molecule has 5 nitrogen and oxygen atoms in total. The number of methoxy groups -OCH3 is 1. The highest BCUT2D eigenvalue weighted by atomic mass is 16.5. The van der Waals surface area contributed by atoms with Crippen molar-refractivity contribution in [2.75, 3.05) is 13.7 Å². The van der Waals surface area contributed by atoms with Crippen LogP contribution in [-0.4, -0.2) is 30.5 Å². The first-order valence-corrected chi connectivity index (χ1v) is 10.3. The molecule has 0 aliphatic rings. The van der Waals surface area contributed by atoms with E-state index in [0.29, 0.717) is 33.5 Å². The third-order valence-corrected chi connectivity index (χ3v) is 5.28. The van der Waals surface area contributed by atoms with Crippen molar-refractivity contribution in [1.29, 1.82) is 0 Å². The topological polar surface area (TPSA) is 65.5 Å². The zero-order chi connectivity index (χ0) is 22.7. The average Bonchev–Trinajstić information content (AvgIpc) is 2.82. The molecule has 4 rings (SSSR count). The second kappa shape index (κ2) is 9.02. The Hall–Kier alpha value is -3.99. The van der Waals surface area contributed by atoms with Gasteiger partial charge in [-0.05, 0) is 56.3 Å². The fraction of sp³-hybridized carbons (Fsp3) is 0.148. The van der Waals surface area contributed by atoms with E-state index in [2.05, 4.69) is 0 Å². The lowest BCUT2D eigenvalue weighted by atomic mass is 10.0. The molecule has 1 heterocycles. The first kappa shape index (κ1) is 21.2. The highest BCUT2D eigenvalue weighted by Crippen LogP contribution is 2.26. The number of pyridine rings is 1. The molecule has 0 bridgehead atoms. The molecule has 0 amide bonds. The van der Waals surface area contributed by atoms with E-state index in [4.69, 9.17) is 14.5 Å². The summed E-state index contributed by atoms with van der Waals surface area (Å²) in [6, 6.07) is 22.1. The van der Waals surface area contributed by atoms with Crippen molar-refractivity contribution in [2.24, 2.45) is 0 Å². The Morgan fingerprint density at radius 2 is 1.53 bits per heavy atom. The summed E-state index contributed by atoms with van der Waals surface area (Å²) in [5, 5.41) is 0.697. The first-order chi connectivity index (χ1) is 15.4. The summed E-state index contributed by atoms with van der Waals surface area (Å²) in [5.74, 6) is -0.187. The first-order valence-electron chi connectivity index (χ1n) is 10.3. The molecule has 1 aromatic heterocycles. The Kier molecular flexibility index (Phi) is 5.99. The number of hydrogen-bond donors (Lipinski definition) is 0. The number of carbonyl (C=O) groups is 2. The number of hydrogen-bond acceptors (Lipinski definition) is 5. The molecule has 3 aromatic carbocycles. The Morgan fingerprint density at radius 1 is 0.844 bits per heavy atom. The van der Waals surface area contributed by atoms with Gasteiger partial charge in [-0.25, -0.2) is 9.78 Å². The van der Waals surface area contributed by atoms with E-state index in [-0.39, 0.29) is 12.4 Å². The third kappa shape index (κ3) is 4.52. The largest absolute Gasteiger partial charge is 0.497 e. The number of nitrogens with zero attached hydrogens (tertiary/aromatic N) is 1. The van der Waals surface area contributed by atoms with Crippen molar-refractivity contribution < 1.29 is 19.1 Å². The number of Topliss-reactive ketones (excluding diaryl/α,β-unsaturated/α-hetero) is 1. The van der Waals surface area contributed by atoms with Crippen molar-refractivity contribution in [3.63, 3.8) is 0 Å². The number of ketones is 1. The Bertz CT molecular complexity index is 1290. The lowest BCUT2D eigenvalue weighted by molar-refractivity contribution is 0.0476. The Labute approximate surface area is 186 Å². The maximum Gasteiger partial charge on any atom is 0.339 e. The number of benzene rings is 3. The van der Waals surface area contributed by atoms with E-state index in [9.17, 15) is 9.59 Å². The summed E-state index contributed by atoms with van der Waals surface area (Å²) in [7, 11) is 1.56. The lowest BCUT2D eigenvalue weighted by Gasteiger charge is -2.11. The molecule has 0 spiro atoms. The summed E-state index contributed by atoms with van der Waals surface area (Å²) in [4.78, 5) is 30.2. The van der Waals surface area contributed by atoms with Gasteiger partial charge >= 0.3 is 5.97 Å². The van der Waals surface area contributed by atoms with Crippen LogP contribution >= 0.6 is 0 Å². The summed E-state index contributed by atoms with van der Waals surface area (Å²) in [5.41, 5.74) is 5.26. The lowest BCUT2D eigenvalue weighted by Crippen LogP contribution is -2.15. The minimum atomic E-state index is -0.557. The molecule has 4 aromatic rings. The highest BCUT2D eigenvalue weighted by molar-refractivity contribution is 6.06. The molecule has 0 saturated carbocycles. The van der Waals surface area contributed by atoms with Crippen LogP contribution in [0.3, 0.4) is 0 Å². The predicted octanol–water partition coefficient (Wildman–Crippen LogP) is 5.57. The van der Waals surface area contributed by atoms with Crippen LogP contribution in [0.1, 0.15) is 31.8 Å². The van der Waals surface area contributed by atoms with E-state index >= 15 is 0 Å². The van der Waals surface area contributed by atoms with Gasteiger partial charge in [-0.15, -0.1) is 0 Å². The average molecular weight is 425 g/mol. The summed E-state index contributed by atoms with van der Waals surface area (Å²) in [6.07, 6.45) is 0. The van der Waals surface area contributed by atoms with Gasteiger partial charge in [0.1, 0.15) is 5.75 Å². The van der Waals surface area contributed by atoms with Gasteiger partial charge < -0.3 is 9.47 Å². The number of rotatable bonds is 6. The number of ether oxygens (including phenoxy) is 2. The van der Waals surface area contributed by atoms with Crippen LogP contribution in [0, 0.1) is 13.8 Å². The minimum absolute atomic E-state index is 0.283. The zero-order valence-electron chi connectivity index (χ0n) is 18.2. The van der Waals surface area contributed by atoms with E-state index in [1.807, 2.05) is 56.3 Å². The second-order valence-electron chi connectivity index (χ2n) is 7.67. The number of esters is 1. The quantitative estimate of drug-likeness (QED) is 0.299. The van der Waals surface area contributed by atoms with Crippen molar-refractivity contribution in [2.45, 2.75) is 13.8 Å². The molecule has 0 radical (unpaired) electrons. The summed E-state index contributed by atoms with van der Waals surface area (Å²) < 4.78 is 10.5. The summed E-state index contributed by atoms with van der Waals surface area (Å²) in [6.45, 7) is 3.62. The molecule has 5 heteroatoms. The van der Waals surface area contributed by atoms with Crippen molar-refractivity contribution in [3.8, 4) is 17.0 Å². The second-order valence-corrected chi connectivity index (χ2v) is 7.67. The van der Waals surface area contributed by atoms with Gasteiger partial charge in [0, 0.05) is 16.5 Å². The van der Waals surface area contributed by atoms with Gasteiger partial charge in [-0.3, -0.25) is 4.79 Å². The van der Waals surface area contributed by atoms with Crippen LogP contribution in [0.4, 0.5) is 0 Å². The summed E-state index contributed by atoms with van der Waals surface area (Å²) >= 11 is 0. The maximum atomic E-state index is 13.0. The molecule has 0 unspecified atom stereocenters. The number of aromatic nitrogens is 1. The van der Waals surface area contributed by atoms with Crippen molar-refractivity contribution in [3.05, 3.63) is 95.1 Å². The van der Waals surface area contributed by atoms with Gasteiger partial charge in [-0.1, -0.05) is 41.5 Å². The molecule has 0 atom stereocenters. The molecular formula is C27H23NO4. The highest BCUT2D eigenvalue weighted by Gasteiger charge is 2.17. The molecule has 0 saturated heterocycles. The Morgan fingerprint density at radius 3 is 2.22 bits per heavy atom. The molecule has 0 aliphatic heterocycles. The molecule has 160 valence electrons. The Balaban J connectivity index is 1.63. The number of carbonyl (C=O) groups excluding carboxylic acids is 2. The number of aryl methyl sites for hydroxylation is 2. The molecule has 0 N–H and O–H groups in total. The normalized spacial score (nSPS) is 10.7. The minimum Gasteiger partial charge on any atom is -0.497 e. The van der Waals surface area contributed by atoms with Gasteiger partial charge in [0.2, 0.25) is 0 Å². The number of fused-ring (bicyclic) bond motifs is 1. The van der Waals surface area contributed by atoms with Crippen LogP contribution in [0.5, 0.6) is 5.75 Å². The van der Waals surface area contributed by atoms with Gasteiger partial charge in [0.15, 0.2) is 12.4 Å². The maximum absolute atomic E-state index is 13.0. The van der Waals surface area contributed by atoms with Crippen LogP contribution < -0.4 is 4.74 Å². The van der Waals surface area contributed by atoms with E-state index in [1.54, 1.807) is 37.4 Å². The molecule has 32 heavy (non-hydrogen) atoms. The predicted molar refractivity (Wildman–Crippen MR) is 124 cm³/mol. The monoisotopic (exact) mass is 425 g/mol. The van der Waals surface area contributed by atoms with Gasteiger partial charge in [-0.2, -0.15) is 0 Å². The van der Waals surface area contributed by atoms with Crippen LogP contribution in [0.25, 0.3) is 22.2 Å². The molecule has 0 fully saturated rings. The van der Waals surface area contributed by atoms with Crippen LogP contribution in [0.2, 0.25) is 0 Å². The van der Waals surface area contributed by atoms with Crippen molar-refractivity contribution >= 4 is 22.7 Å². The fourth-order valence-corrected chi connectivity index (χ4v) is 3.45. The van der Waals surface area contributed by atoms with Crippen molar-refractivity contribution in [1.82, 2.24) is 4.98 Å². The third-order valence-electron chi connectivity index (χ3n) is 5.28. The zero-order valence-corrected chi connectivity index (χ0v) is 18.2. The SMILES string of the molecule is COc1ccc(C(=O)COC(=O)c2cc(-c3ccc(C)cc3)nc3ccc(C)cc23)cc1.